The lowest BCUT2D eigenvalue weighted by atomic mass is 9.86. The van der Waals surface area contributed by atoms with Crippen molar-refractivity contribution in [2.45, 2.75) is 70.3 Å². The van der Waals surface area contributed by atoms with Crippen molar-refractivity contribution < 1.29 is 60.1 Å². The van der Waals surface area contributed by atoms with Gasteiger partial charge in [-0.3, -0.25) is 9.78 Å². The van der Waals surface area contributed by atoms with E-state index in [2.05, 4.69) is 18.8 Å². The smallest absolute Gasteiger partial charge is 0.490 e. The van der Waals surface area contributed by atoms with E-state index in [1.54, 1.807) is 6.07 Å². The van der Waals surface area contributed by atoms with Gasteiger partial charge in [-0.15, -0.1) is 0 Å². The Bertz CT molecular complexity index is 1260. The topological polar surface area (TPSA) is 143 Å². The first kappa shape index (κ1) is 38.2. The van der Waals surface area contributed by atoms with E-state index in [1.165, 1.54) is 31.5 Å². The molecule has 2 fully saturated rings. The molecule has 0 spiro atoms. The predicted octanol–water partition coefficient (Wildman–Crippen LogP) is 6.18. The summed E-state index contributed by atoms with van der Waals surface area (Å²) in [7, 11) is 0. The highest BCUT2D eigenvalue weighted by Crippen LogP contribution is 2.48. The molecule has 0 bridgehead atoms. The van der Waals surface area contributed by atoms with Crippen LogP contribution in [0.4, 0.5) is 36.4 Å². The molecule has 4 rings (SSSR count). The summed E-state index contributed by atoms with van der Waals surface area (Å²) in [5.41, 5.74) is 8.06. The van der Waals surface area contributed by atoms with E-state index >= 15 is 0 Å². The SMILES string of the molecule is CC[C@H](C)[C@H](N)CN(C(=O)[C@@H]1C[C@H]1c1ccc(F)cn1)c1ccc(OCC2CCC2)cc1.O=C(O)C(F)(F)F.O=C(O)C(F)(F)F. The number of halogens is 7. The number of anilines is 1. The van der Waals surface area contributed by atoms with Crippen LogP contribution in [-0.4, -0.2) is 64.6 Å². The van der Waals surface area contributed by atoms with Crippen molar-refractivity contribution in [1.29, 1.82) is 0 Å². The molecule has 1 amide bonds. The van der Waals surface area contributed by atoms with Crippen LogP contribution in [0.1, 0.15) is 57.6 Å². The van der Waals surface area contributed by atoms with Gasteiger partial charge in [-0.2, -0.15) is 26.3 Å². The number of carbonyl (C=O) groups excluding carboxylic acids is 1. The van der Waals surface area contributed by atoms with E-state index in [0.29, 0.717) is 18.4 Å². The third kappa shape index (κ3) is 12.1. The van der Waals surface area contributed by atoms with Crippen LogP contribution in [-0.2, 0) is 14.4 Å². The van der Waals surface area contributed by atoms with Gasteiger partial charge in [0.25, 0.3) is 0 Å². The molecule has 0 saturated heterocycles. The number of amides is 1. The number of nitrogens with two attached hydrogens (primary N) is 1. The zero-order chi connectivity index (χ0) is 34.8. The average Bonchev–Trinajstić information content (AvgIpc) is 3.76. The number of benzene rings is 1. The predicted molar refractivity (Wildman–Crippen MR) is 151 cm³/mol. The molecule has 2 aliphatic rings. The maximum Gasteiger partial charge on any atom is 0.490 e. The van der Waals surface area contributed by atoms with Crippen molar-refractivity contribution in [3.8, 4) is 5.75 Å². The lowest BCUT2D eigenvalue weighted by molar-refractivity contribution is -0.193. The van der Waals surface area contributed by atoms with Crippen LogP contribution in [0, 0.1) is 23.6 Å². The normalized spacial score (nSPS) is 18.7. The van der Waals surface area contributed by atoms with E-state index in [1.807, 2.05) is 29.2 Å². The number of hydrogen-bond acceptors (Lipinski definition) is 6. The molecule has 1 aromatic carbocycles. The second kappa shape index (κ2) is 16.6. The van der Waals surface area contributed by atoms with Gasteiger partial charge < -0.3 is 25.6 Å². The molecule has 1 aromatic heterocycles. The number of aromatic nitrogens is 1. The van der Waals surface area contributed by atoms with Crippen molar-refractivity contribution in [3.05, 3.63) is 54.1 Å². The van der Waals surface area contributed by atoms with Gasteiger partial charge in [-0.25, -0.2) is 14.0 Å². The van der Waals surface area contributed by atoms with Crippen LogP contribution in [0.15, 0.2) is 42.6 Å². The maximum absolute atomic E-state index is 13.5. The van der Waals surface area contributed by atoms with Crippen LogP contribution in [0.2, 0.25) is 0 Å². The minimum absolute atomic E-state index is 0.0375. The molecule has 4 atom stereocenters. The number of carbonyl (C=O) groups is 3. The molecule has 0 aliphatic heterocycles. The lowest BCUT2D eigenvalue weighted by Gasteiger charge is -2.29. The molecule has 1 heterocycles. The highest BCUT2D eigenvalue weighted by atomic mass is 19.4. The van der Waals surface area contributed by atoms with Crippen molar-refractivity contribution >= 4 is 23.5 Å². The summed E-state index contributed by atoms with van der Waals surface area (Å²) in [6.07, 6.45) is -3.46. The van der Waals surface area contributed by atoms with Gasteiger partial charge in [-0.1, -0.05) is 26.7 Å². The Hall–Kier alpha value is -3.95. The summed E-state index contributed by atoms with van der Waals surface area (Å²) in [5, 5.41) is 14.2. The second-order valence-electron chi connectivity index (χ2n) is 11.1. The maximum atomic E-state index is 13.5. The molecule has 9 nitrogen and oxygen atoms in total. The van der Waals surface area contributed by atoms with E-state index in [4.69, 9.17) is 30.3 Å². The zero-order valence-electron chi connectivity index (χ0n) is 25.0. The Morgan fingerprint density at radius 1 is 1.00 bits per heavy atom. The molecule has 4 N–H and O–H groups in total. The summed E-state index contributed by atoms with van der Waals surface area (Å²) in [6, 6.07) is 10.7. The van der Waals surface area contributed by atoms with E-state index in [-0.39, 0.29) is 29.6 Å². The van der Waals surface area contributed by atoms with Gasteiger partial charge in [0.05, 0.1) is 12.8 Å². The van der Waals surface area contributed by atoms with Crippen LogP contribution in [0.3, 0.4) is 0 Å². The number of hydrogen-bond donors (Lipinski definition) is 3. The second-order valence-corrected chi connectivity index (χ2v) is 11.1. The third-order valence-electron chi connectivity index (χ3n) is 7.62. The number of pyridine rings is 1. The van der Waals surface area contributed by atoms with E-state index in [0.717, 1.165) is 36.6 Å². The van der Waals surface area contributed by atoms with Crippen LogP contribution < -0.4 is 15.4 Å². The van der Waals surface area contributed by atoms with Gasteiger partial charge in [0.2, 0.25) is 5.91 Å². The monoisotopic (exact) mass is 667 g/mol. The Labute approximate surface area is 260 Å². The molecule has 2 aromatic rings. The molecular weight excluding hydrogens is 631 g/mol. The number of carboxylic acids is 2. The number of ether oxygens (including phenoxy) is 1. The van der Waals surface area contributed by atoms with E-state index in [9.17, 15) is 35.5 Å². The Morgan fingerprint density at radius 3 is 1.96 bits per heavy atom. The van der Waals surface area contributed by atoms with Crippen molar-refractivity contribution in [1.82, 2.24) is 4.98 Å². The number of alkyl halides is 6. The van der Waals surface area contributed by atoms with E-state index < -0.39 is 24.3 Å². The number of carboxylic acid groups (broad SMARTS) is 2. The molecule has 2 aliphatic carbocycles. The third-order valence-corrected chi connectivity index (χ3v) is 7.62. The molecule has 46 heavy (non-hydrogen) atoms. The largest absolute Gasteiger partial charge is 0.493 e. The highest BCUT2D eigenvalue weighted by molar-refractivity contribution is 5.97. The lowest BCUT2D eigenvalue weighted by Crippen LogP contribution is -2.45. The summed E-state index contributed by atoms with van der Waals surface area (Å²) < 4.78 is 82.6. The Morgan fingerprint density at radius 2 is 1.54 bits per heavy atom. The van der Waals surface area contributed by atoms with Crippen molar-refractivity contribution in [3.63, 3.8) is 0 Å². The molecule has 0 radical (unpaired) electrons. The minimum atomic E-state index is -5.08. The fourth-order valence-electron chi connectivity index (χ4n) is 4.21. The summed E-state index contributed by atoms with van der Waals surface area (Å²) in [4.78, 5) is 37.3. The quantitative estimate of drug-likeness (QED) is 0.255. The fraction of sp³-hybridized carbons (Fsp3) is 0.533. The summed E-state index contributed by atoms with van der Waals surface area (Å²) in [6.45, 7) is 5.46. The Balaban J connectivity index is 0.000000440. The molecular formula is C30H36F7N3O6. The molecule has 256 valence electrons. The molecule has 2 saturated carbocycles. The standard InChI is InChI=1S/C26H34FN3O2.2C2HF3O2/c1-3-17(2)24(28)15-30(20-8-10-21(11-9-20)32-16-18-5-4-6-18)26(31)23-13-22(23)25-12-7-19(27)14-29-25;2*3-2(4,5)1(6)7/h7-12,14,17-18,22-24H,3-6,13,15-16,28H2,1-2H3;2*(H,6,7)/t17-,22+,23+,24+;;/m0../s1. The van der Waals surface area contributed by atoms with Gasteiger partial charge in [-0.05, 0) is 67.5 Å². The van der Waals surface area contributed by atoms with Crippen LogP contribution in [0.5, 0.6) is 5.75 Å². The fourth-order valence-corrected chi connectivity index (χ4v) is 4.21. The zero-order valence-corrected chi connectivity index (χ0v) is 25.0. The average molecular weight is 668 g/mol. The first-order valence-corrected chi connectivity index (χ1v) is 14.4. The van der Waals surface area contributed by atoms with Gasteiger partial charge >= 0.3 is 24.3 Å². The first-order valence-electron chi connectivity index (χ1n) is 14.4. The van der Waals surface area contributed by atoms with Crippen LogP contribution >= 0.6 is 0 Å². The number of rotatable bonds is 10. The van der Waals surface area contributed by atoms with Gasteiger partial charge in [0, 0.05) is 35.8 Å². The van der Waals surface area contributed by atoms with Gasteiger partial charge in [0.1, 0.15) is 11.6 Å². The van der Waals surface area contributed by atoms with Crippen molar-refractivity contribution in [2.24, 2.45) is 23.5 Å². The van der Waals surface area contributed by atoms with Gasteiger partial charge in [0.15, 0.2) is 0 Å². The first-order chi connectivity index (χ1) is 21.3. The highest BCUT2D eigenvalue weighted by Gasteiger charge is 2.47. The number of nitrogens with zero attached hydrogens (tertiary/aromatic N) is 2. The van der Waals surface area contributed by atoms with Crippen molar-refractivity contribution in [2.75, 3.05) is 18.1 Å². The molecule has 0 unspecified atom stereocenters. The molecule has 16 heteroatoms. The summed E-state index contributed by atoms with van der Waals surface area (Å²) >= 11 is 0. The number of aliphatic carboxylic acids is 2. The Kier molecular flexibility index (Phi) is 13.8. The minimum Gasteiger partial charge on any atom is -0.493 e. The van der Waals surface area contributed by atoms with Crippen LogP contribution in [0.25, 0.3) is 0 Å². The summed E-state index contributed by atoms with van der Waals surface area (Å²) in [5.74, 6) is -4.11.